The summed E-state index contributed by atoms with van der Waals surface area (Å²) in [5.41, 5.74) is 0. The van der Waals surface area contributed by atoms with Crippen molar-refractivity contribution >= 4 is 5.97 Å². The molecule has 0 aliphatic carbocycles. The summed E-state index contributed by atoms with van der Waals surface area (Å²) in [5.74, 6) is -0.282. The molecular weight excluding hydrogens is 340 g/mol. The van der Waals surface area contributed by atoms with Crippen LogP contribution in [0, 0.1) is 0 Å². The average molecular weight is 385 g/mol. The number of unbranched alkanes of at least 4 members (excludes halogenated alkanes) is 13. The van der Waals surface area contributed by atoms with Crippen LogP contribution in [-0.4, -0.2) is 35.5 Å². The van der Waals surface area contributed by atoms with E-state index in [1.165, 1.54) is 83.5 Å². The number of allylic oxidation sites excluding steroid dienone is 2. The number of hydrogen-bond donors (Lipinski definition) is 2. The van der Waals surface area contributed by atoms with E-state index in [1.54, 1.807) is 0 Å². The summed E-state index contributed by atoms with van der Waals surface area (Å²) in [6.45, 7) is 1.78. The summed E-state index contributed by atoms with van der Waals surface area (Å²) >= 11 is 0. The molecule has 0 radical (unpaired) electrons. The number of aliphatic hydroxyl groups excluding tert-OH is 2. The Hall–Kier alpha value is -0.870. The summed E-state index contributed by atoms with van der Waals surface area (Å²) in [7, 11) is 0. The first kappa shape index (κ1) is 26.1. The molecule has 2 N–H and O–H groups in total. The van der Waals surface area contributed by atoms with Crippen LogP contribution in [0.25, 0.3) is 0 Å². The maximum atomic E-state index is 11.4. The van der Waals surface area contributed by atoms with Crippen LogP contribution in [0.15, 0.2) is 12.2 Å². The molecule has 0 fully saturated rings. The van der Waals surface area contributed by atoms with Crippen molar-refractivity contribution in [3.05, 3.63) is 12.2 Å². The van der Waals surface area contributed by atoms with Crippen LogP contribution in [0.3, 0.4) is 0 Å². The summed E-state index contributed by atoms with van der Waals surface area (Å²) in [4.78, 5) is 11.4. The van der Waals surface area contributed by atoms with Crippen molar-refractivity contribution in [2.75, 3.05) is 13.2 Å². The number of ether oxygens (including phenoxy) is 1. The van der Waals surface area contributed by atoms with Crippen molar-refractivity contribution in [2.24, 2.45) is 0 Å². The molecular formula is C23H44O4. The predicted molar refractivity (Wildman–Crippen MR) is 113 cm³/mol. The van der Waals surface area contributed by atoms with Gasteiger partial charge in [-0.15, -0.1) is 0 Å². The fraction of sp³-hybridized carbons (Fsp3) is 0.870. The Balaban J connectivity index is 3.20. The van der Waals surface area contributed by atoms with Crippen molar-refractivity contribution in [2.45, 2.75) is 116 Å². The highest BCUT2D eigenvalue weighted by Crippen LogP contribution is 2.11. The van der Waals surface area contributed by atoms with Crippen molar-refractivity contribution in [1.29, 1.82) is 0 Å². The molecule has 0 amide bonds. The maximum absolute atomic E-state index is 11.4. The van der Waals surface area contributed by atoms with E-state index in [0.717, 1.165) is 12.8 Å². The minimum Gasteiger partial charge on any atom is -0.463 e. The number of esters is 1. The van der Waals surface area contributed by atoms with Gasteiger partial charge in [-0.2, -0.15) is 0 Å². The first-order valence-electron chi connectivity index (χ1n) is 11.3. The van der Waals surface area contributed by atoms with Crippen molar-refractivity contribution in [1.82, 2.24) is 0 Å². The Morgan fingerprint density at radius 2 is 1.30 bits per heavy atom. The zero-order valence-electron chi connectivity index (χ0n) is 17.7. The molecule has 0 heterocycles. The fourth-order valence-corrected chi connectivity index (χ4v) is 3.01. The van der Waals surface area contributed by atoms with Gasteiger partial charge in [-0.3, -0.25) is 4.79 Å². The van der Waals surface area contributed by atoms with Gasteiger partial charge in [0, 0.05) is 6.42 Å². The second kappa shape index (κ2) is 21.4. The number of rotatable bonds is 20. The third kappa shape index (κ3) is 21.3. The lowest BCUT2D eigenvalue weighted by atomic mass is 10.1. The highest BCUT2D eigenvalue weighted by atomic mass is 16.5. The van der Waals surface area contributed by atoms with Gasteiger partial charge in [0.2, 0.25) is 0 Å². The SMILES string of the molecule is CCCCCCCC/C=C\CCCCCCCCCC(=O)OC[C@@H](O)CO. The van der Waals surface area contributed by atoms with E-state index >= 15 is 0 Å². The van der Waals surface area contributed by atoms with Crippen LogP contribution in [0.1, 0.15) is 110 Å². The Morgan fingerprint density at radius 1 is 0.815 bits per heavy atom. The smallest absolute Gasteiger partial charge is 0.305 e. The van der Waals surface area contributed by atoms with Crippen LogP contribution in [-0.2, 0) is 9.53 Å². The number of carbonyl (C=O) groups excluding carboxylic acids is 1. The van der Waals surface area contributed by atoms with Gasteiger partial charge in [-0.05, 0) is 32.1 Å². The monoisotopic (exact) mass is 384 g/mol. The Morgan fingerprint density at radius 3 is 1.81 bits per heavy atom. The van der Waals surface area contributed by atoms with Gasteiger partial charge >= 0.3 is 5.97 Å². The van der Waals surface area contributed by atoms with Gasteiger partial charge in [0.25, 0.3) is 0 Å². The largest absolute Gasteiger partial charge is 0.463 e. The average Bonchev–Trinajstić information content (AvgIpc) is 2.68. The molecule has 4 nitrogen and oxygen atoms in total. The maximum Gasteiger partial charge on any atom is 0.305 e. The normalized spacial score (nSPS) is 12.6. The molecule has 1 atom stereocenters. The van der Waals surface area contributed by atoms with Crippen molar-refractivity contribution in [3.8, 4) is 0 Å². The van der Waals surface area contributed by atoms with Gasteiger partial charge < -0.3 is 14.9 Å². The second-order valence-electron chi connectivity index (χ2n) is 7.56. The molecule has 0 bridgehead atoms. The Labute approximate surface area is 167 Å². The number of hydrogen-bond acceptors (Lipinski definition) is 4. The molecule has 0 aromatic carbocycles. The molecule has 0 saturated carbocycles. The summed E-state index contributed by atoms with van der Waals surface area (Å²) < 4.78 is 4.87. The van der Waals surface area contributed by atoms with E-state index in [1.807, 2.05) is 0 Å². The lowest BCUT2D eigenvalue weighted by molar-refractivity contribution is -0.147. The first-order valence-corrected chi connectivity index (χ1v) is 11.3. The molecule has 0 aliphatic rings. The molecule has 0 saturated heterocycles. The van der Waals surface area contributed by atoms with E-state index in [4.69, 9.17) is 14.9 Å². The molecule has 0 rings (SSSR count). The van der Waals surface area contributed by atoms with Gasteiger partial charge in [0.05, 0.1) is 6.61 Å². The number of carbonyl (C=O) groups is 1. The highest BCUT2D eigenvalue weighted by molar-refractivity contribution is 5.69. The van der Waals surface area contributed by atoms with E-state index in [-0.39, 0.29) is 19.2 Å². The lowest BCUT2D eigenvalue weighted by Gasteiger charge is -2.08. The molecule has 0 aliphatic heterocycles. The van der Waals surface area contributed by atoms with E-state index in [0.29, 0.717) is 6.42 Å². The zero-order valence-corrected chi connectivity index (χ0v) is 17.7. The van der Waals surface area contributed by atoms with Gasteiger partial charge in [-0.25, -0.2) is 0 Å². The minimum absolute atomic E-state index is 0.108. The molecule has 160 valence electrons. The van der Waals surface area contributed by atoms with Crippen molar-refractivity contribution < 1.29 is 19.7 Å². The molecule has 0 aromatic heterocycles. The summed E-state index contributed by atoms with van der Waals surface area (Å²) in [6.07, 6.45) is 23.0. The number of aliphatic hydroxyl groups is 2. The molecule has 4 heteroatoms. The third-order valence-corrected chi connectivity index (χ3v) is 4.79. The molecule has 0 spiro atoms. The third-order valence-electron chi connectivity index (χ3n) is 4.79. The van der Waals surface area contributed by atoms with E-state index in [2.05, 4.69) is 19.1 Å². The quantitative estimate of drug-likeness (QED) is 0.160. The van der Waals surface area contributed by atoms with Crippen LogP contribution < -0.4 is 0 Å². The van der Waals surface area contributed by atoms with Crippen LogP contribution in [0.4, 0.5) is 0 Å². The zero-order chi connectivity index (χ0) is 20.0. The molecule has 0 unspecified atom stereocenters. The highest BCUT2D eigenvalue weighted by Gasteiger charge is 2.07. The molecule has 27 heavy (non-hydrogen) atoms. The Bertz CT molecular complexity index is 341. The predicted octanol–water partition coefficient (Wildman–Crippen LogP) is 5.70. The topological polar surface area (TPSA) is 66.8 Å². The lowest BCUT2D eigenvalue weighted by Crippen LogP contribution is -2.21. The van der Waals surface area contributed by atoms with Crippen molar-refractivity contribution in [3.63, 3.8) is 0 Å². The van der Waals surface area contributed by atoms with E-state index < -0.39 is 6.10 Å². The van der Waals surface area contributed by atoms with Gasteiger partial charge in [-0.1, -0.05) is 83.3 Å². The standard InChI is InChI=1S/C23H44O4/c1-2-3-4-5-6-7-8-9-10-11-12-13-14-15-16-17-18-19-23(26)27-21-22(25)20-24/h9-10,22,24-25H,2-8,11-21H2,1H3/b10-9-/t22-/m0/s1. The van der Waals surface area contributed by atoms with E-state index in [9.17, 15) is 4.79 Å². The second-order valence-corrected chi connectivity index (χ2v) is 7.56. The van der Waals surface area contributed by atoms with Gasteiger partial charge in [0.15, 0.2) is 0 Å². The summed E-state index contributed by atoms with van der Waals surface area (Å²) in [5, 5.41) is 17.7. The first-order chi connectivity index (χ1) is 13.2. The molecule has 0 aromatic rings. The van der Waals surface area contributed by atoms with Crippen LogP contribution in [0.5, 0.6) is 0 Å². The van der Waals surface area contributed by atoms with Gasteiger partial charge in [0.1, 0.15) is 12.7 Å². The Kier molecular flexibility index (Phi) is 20.7. The van der Waals surface area contributed by atoms with Crippen LogP contribution in [0.2, 0.25) is 0 Å². The van der Waals surface area contributed by atoms with Crippen LogP contribution >= 0.6 is 0 Å². The fourth-order valence-electron chi connectivity index (χ4n) is 3.01. The summed E-state index contributed by atoms with van der Waals surface area (Å²) in [6, 6.07) is 0. The minimum atomic E-state index is -0.959.